The molecule has 0 unspecified atom stereocenters. The number of aromatic nitrogens is 5. The highest BCUT2D eigenvalue weighted by Crippen LogP contribution is 2.39. The van der Waals surface area contributed by atoms with Crippen LogP contribution in [0.5, 0.6) is 0 Å². The minimum absolute atomic E-state index is 0.632. The Bertz CT molecular complexity index is 3570. The molecule has 0 spiro atoms. The molecule has 0 aliphatic rings. The molecule has 3 aromatic heterocycles. The Hall–Kier alpha value is -8.41. The fourth-order valence-electron chi connectivity index (χ4n) is 9.03. The van der Waals surface area contributed by atoms with Gasteiger partial charge in [-0.15, -0.1) is 0 Å². The van der Waals surface area contributed by atoms with Crippen molar-refractivity contribution in [3.63, 3.8) is 0 Å². The van der Waals surface area contributed by atoms with Gasteiger partial charge in [0.1, 0.15) is 0 Å². The van der Waals surface area contributed by atoms with Crippen molar-refractivity contribution < 1.29 is 0 Å². The third-order valence-electron chi connectivity index (χ3n) is 12.0. The second kappa shape index (κ2) is 14.7. The molecule has 0 saturated heterocycles. The van der Waals surface area contributed by atoms with Gasteiger partial charge in [0.25, 0.3) is 0 Å². The Labute approximate surface area is 358 Å². The fraction of sp³-hybridized carbons (Fsp3) is 0. The lowest BCUT2D eigenvalue weighted by atomic mass is 10.0. The largest absolute Gasteiger partial charge is 0.309 e. The molecule has 62 heavy (non-hydrogen) atoms. The van der Waals surface area contributed by atoms with Crippen LogP contribution in [0.25, 0.3) is 111 Å². The highest BCUT2D eigenvalue weighted by Gasteiger charge is 2.18. The first-order valence-electron chi connectivity index (χ1n) is 20.9. The lowest BCUT2D eigenvalue weighted by Crippen LogP contribution is -2.00. The van der Waals surface area contributed by atoms with Gasteiger partial charge in [0.05, 0.1) is 22.1 Å². The number of para-hydroxylation sites is 3. The number of hydrogen-bond acceptors (Lipinski definition) is 3. The number of fused-ring (bicyclic) bond motifs is 6. The summed E-state index contributed by atoms with van der Waals surface area (Å²) in [6.45, 7) is 0. The molecule has 0 atom stereocenters. The number of rotatable bonds is 7. The van der Waals surface area contributed by atoms with E-state index in [0.717, 1.165) is 50.2 Å². The second-order valence-corrected chi connectivity index (χ2v) is 15.7. The van der Waals surface area contributed by atoms with Crippen molar-refractivity contribution in [3.8, 4) is 67.8 Å². The van der Waals surface area contributed by atoms with Gasteiger partial charge in [0.15, 0.2) is 17.5 Å². The molecule has 0 N–H and O–H groups in total. The van der Waals surface area contributed by atoms with Gasteiger partial charge >= 0.3 is 0 Å². The molecule has 12 aromatic rings. The average Bonchev–Trinajstić information content (AvgIpc) is 3.87. The van der Waals surface area contributed by atoms with E-state index in [-0.39, 0.29) is 0 Å². The van der Waals surface area contributed by atoms with Crippen LogP contribution in [0.2, 0.25) is 0 Å². The molecule has 0 aliphatic carbocycles. The predicted molar refractivity (Wildman–Crippen MR) is 256 cm³/mol. The Kier molecular flexibility index (Phi) is 8.42. The topological polar surface area (TPSA) is 48.5 Å². The van der Waals surface area contributed by atoms with Gasteiger partial charge < -0.3 is 9.13 Å². The van der Waals surface area contributed by atoms with E-state index in [0.29, 0.717) is 17.5 Å². The molecule has 0 bridgehead atoms. The third-order valence-corrected chi connectivity index (χ3v) is 12.0. The summed E-state index contributed by atoms with van der Waals surface area (Å²) in [4.78, 5) is 14.9. The molecular formula is C57H37N5. The molecule has 290 valence electrons. The van der Waals surface area contributed by atoms with Crippen LogP contribution in [0, 0.1) is 0 Å². The average molecular weight is 792 g/mol. The van der Waals surface area contributed by atoms with Gasteiger partial charge in [-0.2, -0.15) is 0 Å². The van der Waals surface area contributed by atoms with Crippen LogP contribution in [0.3, 0.4) is 0 Å². The summed E-state index contributed by atoms with van der Waals surface area (Å²) in [7, 11) is 0. The summed E-state index contributed by atoms with van der Waals surface area (Å²) in [6.07, 6.45) is 0. The van der Waals surface area contributed by atoms with E-state index < -0.39 is 0 Å². The standard InChI is InChI=1S/C57H37N5/c1-4-16-38(17-5-1)55-58-56(39-18-6-2-7-19-39)60-57(59-55)44-22-14-20-40(34-44)41-21-15-25-46(35-41)62-52-29-13-11-27-48(52)50-33-31-43(37-54(50)62)42-30-32-49-47-26-10-12-28-51(47)61(53(49)36-42)45-23-8-3-9-24-45/h1-37H. The molecule has 5 nitrogen and oxygen atoms in total. The van der Waals surface area contributed by atoms with Crippen LogP contribution in [-0.4, -0.2) is 24.1 Å². The van der Waals surface area contributed by atoms with Crippen molar-refractivity contribution in [2.45, 2.75) is 0 Å². The minimum Gasteiger partial charge on any atom is -0.309 e. The zero-order valence-electron chi connectivity index (χ0n) is 33.6. The van der Waals surface area contributed by atoms with Gasteiger partial charge in [0.2, 0.25) is 0 Å². The summed E-state index contributed by atoms with van der Waals surface area (Å²) >= 11 is 0. The van der Waals surface area contributed by atoms with E-state index in [9.17, 15) is 0 Å². The van der Waals surface area contributed by atoms with Crippen molar-refractivity contribution in [1.29, 1.82) is 0 Å². The SMILES string of the molecule is c1ccc(-c2nc(-c3ccccc3)nc(-c3cccc(-c4cccc(-n5c6ccccc6c6ccc(-c7ccc8c9ccccc9n(-c9ccccc9)c8c7)cc65)c4)c3)n2)cc1. The van der Waals surface area contributed by atoms with Gasteiger partial charge in [-0.25, -0.2) is 15.0 Å². The van der Waals surface area contributed by atoms with Gasteiger partial charge in [0, 0.05) is 49.6 Å². The fourth-order valence-corrected chi connectivity index (χ4v) is 9.03. The van der Waals surface area contributed by atoms with Crippen molar-refractivity contribution in [2.75, 3.05) is 0 Å². The quantitative estimate of drug-likeness (QED) is 0.162. The van der Waals surface area contributed by atoms with E-state index in [1.165, 1.54) is 43.7 Å². The van der Waals surface area contributed by atoms with Crippen LogP contribution in [0.15, 0.2) is 224 Å². The summed E-state index contributed by atoms with van der Waals surface area (Å²) in [6, 6.07) is 79.5. The Morgan fingerprint density at radius 2 is 0.597 bits per heavy atom. The molecular weight excluding hydrogens is 755 g/mol. The Balaban J connectivity index is 0.976. The first-order chi connectivity index (χ1) is 30.7. The highest BCUT2D eigenvalue weighted by atomic mass is 15.0. The first kappa shape index (κ1) is 35.5. The molecule has 0 aliphatic heterocycles. The Morgan fingerprint density at radius 3 is 1.16 bits per heavy atom. The van der Waals surface area contributed by atoms with Crippen LogP contribution in [0.4, 0.5) is 0 Å². The summed E-state index contributed by atoms with van der Waals surface area (Å²) in [5.74, 6) is 1.92. The molecule has 3 heterocycles. The molecule has 0 radical (unpaired) electrons. The Morgan fingerprint density at radius 1 is 0.226 bits per heavy atom. The second-order valence-electron chi connectivity index (χ2n) is 15.7. The molecule has 0 fully saturated rings. The van der Waals surface area contributed by atoms with Crippen LogP contribution in [-0.2, 0) is 0 Å². The maximum Gasteiger partial charge on any atom is 0.164 e. The monoisotopic (exact) mass is 791 g/mol. The molecule has 0 amide bonds. The third kappa shape index (κ3) is 6.06. The number of benzene rings is 9. The van der Waals surface area contributed by atoms with Crippen LogP contribution >= 0.6 is 0 Å². The van der Waals surface area contributed by atoms with Crippen LogP contribution < -0.4 is 0 Å². The van der Waals surface area contributed by atoms with Crippen molar-refractivity contribution in [3.05, 3.63) is 224 Å². The van der Waals surface area contributed by atoms with E-state index in [1.807, 2.05) is 60.7 Å². The van der Waals surface area contributed by atoms with Gasteiger partial charge in [-0.3, -0.25) is 0 Å². The maximum atomic E-state index is 5.01. The van der Waals surface area contributed by atoms with E-state index in [1.54, 1.807) is 0 Å². The van der Waals surface area contributed by atoms with Gasteiger partial charge in [-0.1, -0.05) is 170 Å². The van der Waals surface area contributed by atoms with E-state index in [2.05, 4.69) is 173 Å². The molecule has 9 aromatic carbocycles. The first-order valence-corrected chi connectivity index (χ1v) is 20.9. The van der Waals surface area contributed by atoms with Crippen molar-refractivity contribution in [2.24, 2.45) is 0 Å². The summed E-state index contributed by atoms with van der Waals surface area (Å²) in [5.41, 5.74) is 14.3. The van der Waals surface area contributed by atoms with E-state index >= 15 is 0 Å². The van der Waals surface area contributed by atoms with Crippen molar-refractivity contribution in [1.82, 2.24) is 24.1 Å². The summed E-state index contributed by atoms with van der Waals surface area (Å²) in [5, 5.41) is 4.93. The smallest absolute Gasteiger partial charge is 0.164 e. The lowest BCUT2D eigenvalue weighted by molar-refractivity contribution is 1.07. The highest BCUT2D eigenvalue weighted by molar-refractivity contribution is 6.12. The maximum absolute atomic E-state index is 5.01. The molecule has 0 saturated carbocycles. The van der Waals surface area contributed by atoms with Gasteiger partial charge in [-0.05, 0) is 76.9 Å². The number of nitrogens with zero attached hydrogens (tertiary/aromatic N) is 5. The van der Waals surface area contributed by atoms with E-state index in [4.69, 9.17) is 15.0 Å². The predicted octanol–water partition coefficient (Wildman–Crippen LogP) is 14.4. The van der Waals surface area contributed by atoms with Crippen molar-refractivity contribution >= 4 is 43.6 Å². The minimum atomic E-state index is 0.632. The normalized spacial score (nSPS) is 11.5. The number of hydrogen-bond donors (Lipinski definition) is 0. The van der Waals surface area contributed by atoms with Crippen LogP contribution in [0.1, 0.15) is 0 Å². The zero-order valence-corrected chi connectivity index (χ0v) is 33.6. The summed E-state index contributed by atoms with van der Waals surface area (Å²) < 4.78 is 4.79. The molecule has 5 heteroatoms. The zero-order chi connectivity index (χ0) is 41.0. The lowest BCUT2D eigenvalue weighted by Gasteiger charge is -2.12. The molecule has 12 rings (SSSR count).